The van der Waals surface area contributed by atoms with Gasteiger partial charge in [0.1, 0.15) is 0 Å². The van der Waals surface area contributed by atoms with Gasteiger partial charge >= 0.3 is 0 Å². The second-order valence-electron chi connectivity index (χ2n) is 4.80. The molecule has 0 bridgehead atoms. The molecule has 0 amide bonds. The number of benzene rings is 2. The number of likely N-dealkylation sites (N-methyl/N-ethyl adjacent to an activating group) is 1. The second-order valence-corrected chi connectivity index (χ2v) is 5.67. The molecular weight excluding hydrogens is 291 g/mol. The fourth-order valence-corrected chi connectivity index (χ4v) is 2.32. The highest BCUT2D eigenvalue weighted by molar-refractivity contribution is 6.30. The predicted octanol–water partition coefficient (Wildman–Crippen LogP) is 4.54. The third-order valence-electron chi connectivity index (χ3n) is 3.01. The third-order valence-corrected chi connectivity index (χ3v) is 3.50. The lowest BCUT2D eigenvalue weighted by Gasteiger charge is -2.17. The molecule has 0 aliphatic carbocycles. The Labute approximate surface area is 130 Å². The smallest absolute Gasteiger partial charge is 0.0409 e. The van der Waals surface area contributed by atoms with E-state index in [0.29, 0.717) is 0 Å². The van der Waals surface area contributed by atoms with Crippen molar-refractivity contribution < 1.29 is 0 Å². The SMILES string of the molecule is CN(CCNc1ccc(Cl)cc1)Cc1cccc(Cl)c1. The molecule has 20 heavy (non-hydrogen) atoms. The highest BCUT2D eigenvalue weighted by Crippen LogP contribution is 2.14. The van der Waals surface area contributed by atoms with Crippen LogP contribution in [-0.4, -0.2) is 25.0 Å². The van der Waals surface area contributed by atoms with Crippen LogP contribution in [0, 0.1) is 0 Å². The number of rotatable bonds is 6. The van der Waals surface area contributed by atoms with Crippen molar-refractivity contribution in [2.45, 2.75) is 6.54 Å². The van der Waals surface area contributed by atoms with Gasteiger partial charge in [-0.2, -0.15) is 0 Å². The summed E-state index contributed by atoms with van der Waals surface area (Å²) in [7, 11) is 2.10. The molecule has 0 radical (unpaired) electrons. The fraction of sp³-hybridized carbons (Fsp3) is 0.250. The highest BCUT2D eigenvalue weighted by atomic mass is 35.5. The molecule has 0 atom stereocenters. The van der Waals surface area contributed by atoms with Crippen LogP contribution < -0.4 is 5.32 Å². The highest BCUT2D eigenvalue weighted by Gasteiger charge is 2.01. The summed E-state index contributed by atoms with van der Waals surface area (Å²) >= 11 is 11.8. The molecule has 4 heteroatoms. The monoisotopic (exact) mass is 308 g/mol. The van der Waals surface area contributed by atoms with Gasteiger partial charge in [-0.05, 0) is 49.0 Å². The normalized spacial score (nSPS) is 10.8. The minimum Gasteiger partial charge on any atom is -0.384 e. The van der Waals surface area contributed by atoms with Crippen LogP contribution in [0.3, 0.4) is 0 Å². The molecule has 0 spiro atoms. The molecule has 2 aromatic rings. The van der Waals surface area contributed by atoms with Crippen LogP contribution in [0.5, 0.6) is 0 Å². The van der Waals surface area contributed by atoms with Gasteiger partial charge in [0, 0.05) is 35.4 Å². The van der Waals surface area contributed by atoms with Crippen molar-refractivity contribution in [1.82, 2.24) is 4.90 Å². The van der Waals surface area contributed by atoms with Gasteiger partial charge in [0.25, 0.3) is 0 Å². The van der Waals surface area contributed by atoms with Gasteiger partial charge in [0.05, 0.1) is 0 Å². The van der Waals surface area contributed by atoms with Crippen LogP contribution in [-0.2, 0) is 6.54 Å². The van der Waals surface area contributed by atoms with E-state index in [1.807, 2.05) is 42.5 Å². The number of nitrogens with one attached hydrogen (secondary N) is 1. The van der Waals surface area contributed by atoms with Crippen molar-refractivity contribution in [2.24, 2.45) is 0 Å². The van der Waals surface area contributed by atoms with E-state index in [2.05, 4.69) is 23.3 Å². The molecule has 2 aromatic carbocycles. The Morgan fingerprint density at radius 3 is 2.45 bits per heavy atom. The molecule has 0 fully saturated rings. The number of hydrogen-bond donors (Lipinski definition) is 1. The molecule has 2 nitrogen and oxygen atoms in total. The van der Waals surface area contributed by atoms with Crippen LogP contribution >= 0.6 is 23.2 Å². The van der Waals surface area contributed by atoms with Crippen molar-refractivity contribution in [2.75, 3.05) is 25.5 Å². The van der Waals surface area contributed by atoms with Gasteiger partial charge in [-0.15, -0.1) is 0 Å². The summed E-state index contributed by atoms with van der Waals surface area (Å²) in [6.45, 7) is 2.73. The lowest BCUT2D eigenvalue weighted by Crippen LogP contribution is -2.24. The molecular formula is C16H18Cl2N2. The first-order chi connectivity index (χ1) is 9.63. The molecule has 0 unspecified atom stereocenters. The summed E-state index contributed by atoms with van der Waals surface area (Å²) < 4.78 is 0. The average molecular weight is 309 g/mol. The fourth-order valence-electron chi connectivity index (χ4n) is 1.98. The van der Waals surface area contributed by atoms with E-state index in [1.54, 1.807) is 0 Å². The minimum absolute atomic E-state index is 0.758. The molecule has 0 aliphatic rings. The Kier molecular flexibility index (Phi) is 5.72. The first-order valence-electron chi connectivity index (χ1n) is 6.56. The minimum atomic E-state index is 0.758. The summed E-state index contributed by atoms with van der Waals surface area (Å²) in [4.78, 5) is 2.26. The summed E-state index contributed by atoms with van der Waals surface area (Å²) in [5.41, 5.74) is 2.32. The third kappa shape index (κ3) is 5.04. The van der Waals surface area contributed by atoms with Gasteiger partial charge in [-0.25, -0.2) is 0 Å². The number of nitrogens with zero attached hydrogens (tertiary/aromatic N) is 1. The van der Waals surface area contributed by atoms with Gasteiger partial charge < -0.3 is 10.2 Å². The lowest BCUT2D eigenvalue weighted by molar-refractivity contribution is 0.340. The largest absolute Gasteiger partial charge is 0.384 e. The summed E-state index contributed by atoms with van der Waals surface area (Å²) in [6.07, 6.45) is 0. The van der Waals surface area contributed by atoms with E-state index in [1.165, 1.54) is 5.56 Å². The average Bonchev–Trinajstić information content (AvgIpc) is 2.41. The standard InChI is InChI=1S/C16H18Cl2N2/c1-20(12-13-3-2-4-15(18)11-13)10-9-19-16-7-5-14(17)6-8-16/h2-8,11,19H,9-10,12H2,1H3. The zero-order valence-corrected chi connectivity index (χ0v) is 13.0. The Morgan fingerprint density at radius 1 is 1.00 bits per heavy atom. The molecule has 106 valence electrons. The summed E-state index contributed by atoms with van der Waals surface area (Å²) in [5, 5.41) is 4.92. The van der Waals surface area contributed by atoms with E-state index in [0.717, 1.165) is 35.4 Å². The molecule has 0 heterocycles. The molecule has 0 saturated carbocycles. The zero-order chi connectivity index (χ0) is 14.4. The van der Waals surface area contributed by atoms with Crippen LogP contribution in [0.15, 0.2) is 48.5 Å². The van der Waals surface area contributed by atoms with E-state index < -0.39 is 0 Å². The Bertz CT molecular complexity index is 540. The Balaban J connectivity index is 1.75. The molecule has 0 aliphatic heterocycles. The predicted molar refractivity (Wildman–Crippen MR) is 87.7 cm³/mol. The van der Waals surface area contributed by atoms with E-state index in [4.69, 9.17) is 23.2 Å². The quantitative estimate of drug-likeness (QED) is 0.843. The van der Waals surface area contributed by atoms with Gasteiger partial charge in [0.2, 0.25) is 0 Å². The van der Waals surface area contributed by atoms with Crippen molar-refractivity contribution in [1.29, 1.82) is 0 Å². The van der Waals surface area contributed by atoms with Crippen molar-refractivity contribution in [3.63, 3.8) is 0 Å². The van der Waals surface area contributed by atoms with Crippen LogP contribution in [0.25, 0.3) is 0 Å². The lowest BCUT2D eigenvalue weighted by atomic mass is 10.2. The van der Waals surface area contributed by atoms with Crippen molar-refractivity contribution in [3.05, 3.63) is 64.1 Å². The van der Waals surface area contributed by atoms with Crippen LogP contribution in [0.2, 0.25) is 10.0 Å². The first kappa shape index (κ1) is 15.2. The van der Waals surface area contributed by atoms with Crippen LogP contribution in [0.1, 0.15) is 5.56 Å². The molecule has 1 N–H and O–H groups in total. The molecule has 0 aromatic heterocycles. The van der Waals surface area contributed by atoms with E-state index in [-0.39, 0.29) is 0 Å². The van der Waals surface area contributed by atoms with E-state index >= 15 is 0 Å². The Hall–Kier alpha value is -1.22. The molecule has 0 saturated heterocycles. The summed E-state index contributed by atoms with van der Waals surface area (Å²) in [6, 6.07) is 15.7. The number of hydrogen-bond acceptors (Lipinski definition) is 2. The maximum Gasteiger partial charge on any atom is 0.0409 e. The zero-order valence-electron chi connectivity index (χ0n) is 11.4. The second kappa shape index (κ2) is 7.53. The van der Waals surface area contributed by atoms with E-state index in [9.17, 15) is 0 Å². The summed E-state index contributed by atoms with van der Waals surface area (Å²) in [5.74, 6) is 0. The van der Waals surface area contributed by atoms with Gasteiger partial charge in [-0.3, -0.25) is 0 Å². The number of anilines is 1. The molecule has 2 rings (SSSR count). The Morgan fingerprint density at radius 2 is 1.75 bits per heavy atom. The topological polar surface area (TPSA) is 15.3 Å². The first-order valence-corrected chi connectivity index (χ1v) is 7.31. The van der Waals surface area contributed by atoms with Crippen LogP contribution in [0.4, 0.5) is 5.69 Å². The van der Waals surface area contributed by atoms with Crippen molar-refractivity contribution in [3.8, 4) is 0 Å². The maximum atomic E-state index is 5.98. The number of halogens is 2. The van der Waals surface area contributed by atoms with Gasteiger partial charge in [-0.1, -0.05) is 35.3 Å². The van der Waals surface area contributed by atoms with Gasteiger partial charge in [0.15, 0.2) is 0 Å². The maximum absolute atomic E-state index is 5.98. The van der Waals surface area contributed by atoms with Crippen molar-refractivity contribution >= 4 is 28.9 Å².